The average Bonchev–Trinajstić information content (AvgIpc) is 2.60. The van der Waals surface area contributed by atoms with Crippen LogP contribution in [0.5, 0.6) is 5.75 Å². The number of ether oxygens (including phenoxy) is 2. The molecule has 0 bridgehead atoms. The molecule has 0 saturated carbocycles. The van der Waals surface area contributed by atoms with Crippen LogP contribution in [0.15, 0.2) is 42.5 Å². The van der Waals surface area contributed by atoms with Gasteiger partial charge in [0.05, 0.1) is 17.7 Å². The fraction of sp³-hybridized carbons (Fsp3) is 0.263. The van der Waals surface area contributed by atoms with Crippen LogP contribution in [-0.2, 0) is 9.53 Å². The van der Waals surface area contributed by atoms with Crippen molar-refractivity contribution >= 4 is 29.2 Å². The maximum Gasteiger partial charge on any atom is 0.339 e. The van der Waals surface area contributed by atoms with Crippen molar-refractivity contribution in [2.24, 2.45) is 0 Å². The zero-order valence-electron chi connectivity index (χ0n) is 14.3. The van der Waals surface area contributed by atoms with Gasteiger partial charge in [0.1, 0.15) is 5.75 Å². The Morgan fingerprint density at radius 3 is 2.60 bits per heavy atom. The van der Waals surface area contributed by atoms with E-state index in [2.05, 4.69) is 10.1 Å². The second-order valence-electron chi connectivity index (χ2n) is 5.51. The van der Waals surface area contributed by atoms with Crippen LogP contribution in [0.2, 0.25) is 5.02 Å². The molecule has 0 aromatic heterocycles. The third-order valence-electron chi connectivity index (χ3n) is 3.57. The average molecular weight is 362 g/mol. The number of methoxy groups -OCH3 is 1. The Hall–Kier alpha value is -2.53. The minimum absolute atomic E-state index is 0.189. The highest BCUT2D eigenvalue weighted by atomic mass is 35.5. The molecule has 1 unspecified atom stereocenters. The summed E-state index contributed by atoms with van der Waals surface area (Å²) in [5.74, 6) is -0.236. The lowest BCUT2D eigenvalue weighted by molar-refractivity contribution is -0.122. The molecule has 2 rings (SSSR count). The Kier molecular flexibility index (Phi) is 6.42. The molecule has 0 saturated heterocycles. The van der Waals surface area contributed by atoms with Gasteiger partial charge in [-0.3, -0.25) is 4.79 Å². The number of rotatable bonds is 6. The number of nitrogens with one attached hydrogen (secondary N) is 1. The van der Waals surface area contributed by atoms with Gasteiger partial charge in [-0.1, -0.05) is 30.7 Å². The van der Waals surface area contributed by atoms with Crippen molar-refractivity contribution in [2.75, 3.05) is 12.4 Å². The number of benzene rings is 2. The number of anilines is 1. The lowest BCUT2D eigenvalue weighted by Crippen LogP contribution is -2.32. The summed E-state index contributed by atoms with van der Waals surface area (Å²) in [6.45, 7) is 3.82. The highest BCUT2D eigenvalue weighted by Gasteiger charge is 2.20. The molecular weight excluding hydrogens is 342 g/mol. The molecule has 1 amide bonds. The number of carbonyl (C=O) groups excluding carboxylic acids is 2. The van der Waals surface area contributed by atoms with Gasteiger partial charge in [0.2, 0.25) is 0 Å². The first-order valence-corrected chi connectivity index (χ1v) is 8.24. The lowest BCUT2D eigenvalue weighted by atomic mass is 10.2. The number of hydrogen-bond donors (Lipinski definition) is 1. The lowest BCUT2D eigenvalue weighted by Gasteiger charge is -2.18. The smallest absolute Gasteiger partial charge is 0.339 e. The van der Waals surface area contributed by atoms with E-state index in [1.165, 1.54) is 19.2 Å². The topological polar surface area (TPSA) is 64.6 Å². The third kappa shape index (κ3) is 4.97. The SMILES string of the molecule is CCC(Oc1cccc(C)c1)C(=O)Nc1ccc(Cl)c(C(=O)OC)c1. The Morgan fingerprint density at radius 2 is 1.96 bits per heavy atom. The molecule has 0 spiro atoms. The van der Waals surface area contributed by atoms with Gasteiger partial charge in [-0.2, -0.15) is 0 Å². The molecule has 2 aromatic carbocycles. The Labute approximate surface area is 151 Å². The summed E-state index contributed by atoms with van der Waals surface area (Å²) in [6.07, 6.45) is -0.156. The molecule has 0 fully saturated rings. The number of carbonyl (C=O) groups is 2. The zero-order chi connectivity index (χ0) is 18.4. The van der Waals surface area contributed by atoms with E-state index < -0.39 is 12.1 Å². The van der Waals surface area contributed by atoms with Gasteiger partial charge in [-0.25, -0.2) is 4.79 Å². The van der Waals surface area contributed by atoms with E-state index in [0.717, 1.165) is 5.56 Å². The molecule has 0 aliphatic heterocycles. The maximum atomic E-state index is 12.5. The quantitative estimate of drug-likeness (QED) is 0.782. The predicted octanol–water partition coefficient (Wildman–Crippen LogP) is 4.23. The number of esters is 1. The first-order valence-electron chi connectivity index (χ1n) is 7.86. The molecule has 132 valence electrons. The van der Waals surface area contributed by atoms with E-state index >= 15 is 0 Å². The monoisotopic (exact) mass is 361 g/mol. The maximum absolute atomic E-state index is 12.5. The van der Waals surface area contributed by atoms with E-state index in [4.69, 9.17) is 16.3 Å². The summed E-state index contributed by atoms with van der Waals surface area (Å²) in [6, 6.07) is 12.1. The van der Waals surface area contributed by atoms with Crippen LogP contribution in [0.25, 0.3) is 0 Å². The zero-order valence-corrected chi connectivity index (χ0v) is 15.1. The number of hydrogen-bond acceptors (Lipinski definition) is 4. The number of amides is 1. The first-order chi connectivity index (χ1) is 11.9. The molecule has 25 heavy (non-hydrogen) atoms. The van der Waals surface area contributed by atoms with Crippen LogP contribution in [0.4, 0.5) is 5.69 Å². The molecule has 0 aliphatic carbocycles. The van der Waals surface area contributed by atoms with Gasteiger partial charge in [-0.15, -0.1) is 0 Å². The predicted molar refractivity (Wildman–Crippen MR) is 97.3 cm³/mol. The van der Waals surface area contributed by atoms with Crippen molar-refractivity contribution in [3.05, 3.63) is 58.6 Å². The van der Waals surface area contributed by atoms with Crippen molar-refractivity contribution < 1.29 is 19.1 Å². The van der Waals surface area contributed by atoms with Crippen LogP contribution in [0.1, 0.15) is 29.3 Å². The van der Waals surface area contributed by atoms with Gasteiger partial charge in [0.25, 0.3) is 5.91 Å². The molecule has 0 aliphatic rings. The molecule has 1 atom stereocenters. The van der Waals surface area contributed by atoms with Crippen LogP contribution < -0.4 is 10.1 Å². The van der Waals surface area contributed by atoms with Crippen molar-refractivity contribution in [1.29, 1.82) is 0 Å². The van der Waals surface area contributed by atoms with Crippen molar-refractivity contribution in [3.63, 3.8) is 0 Å². The molecule has 2 aromatic rings. The fourth-order valence-corrected chi connectivity index (χ4v) is 2.46. The second kappa shape index (κ2) is 8.53. The Balaban J connectivity index is 2.12. The molecule has 5 nitrogen and oxygen atoms in total. The highest BCUT2D eigenvalue weighted by molar-refractivity contribution is 6.33. The summed E-state index contributed by atoms with van der Waals surface area (Å²) < 4.78 is 10.4. The van der Waals surface area contributed by atoms with Gasteiger partial charge in [0, 0.05) is 5.69 Å². The third-order valence-corrected chi connectivity index (χ3v) is 3.90. The van der Waals surface area contributed by atoms with E-state index in [0.29, 0.717) is 17.9 Å². The Bertz CT molecular complexity index is 776. The normalized spacial score (nSPS) is 11.5. The molecule has 1 N–H and O–H groups in total. The molecule has 6 heteroatoms. The van der Waals surface area contributed by atoms with E-state index in [1.807, 2.05) is 32.0 Å². The largest absolute Gasteiger partial charge is 0.481 e. The fourth-order valence-electron chi connectivity index (χ4n) is 2.27. The highest BCUT2D eigenvalue weighted by Crippen LogP contribution is 2.22. The number of aryl methyl sites for hydroxylation is 1. The van der Waals surface area contributed by atoms with Crippen molar-refractivity contribution in [2.45, 2.75) is 26.4 Å². The van der Waals surface area contributed by atoms with Gasteiger partial charge < -0.3 is 14.8 Å². The Morgan fingerprint density at radius 1 is 1.20 bits per heavy atom. The second-order valence-corrected chi connectivity index (χ2v) is 5.91. The van der Waals surface area contributed by atoms with Gasteiger partial charge >= 0.3 is 5.97 Å². The summed E-state index contributed by atoms with van der Waals surface area (Å²) in [5.41, 5.74) is 1.68. The summed E-state index contributed by atoms with van der Waals surface area (Å²) in [7, 11) is 1.27. The summed E-state index contributed by atoms with van der Waals surface area (Å²) in [5, 5.41) is 3.00. The standard InChI is InChI=1S/C19H20ClNO4/c1-4-17(25-14-7-5-6-12(2)10-14)18(22)21-13-8-9-16(20)15(11-13)19(23)24-3/h5-11,17H,4H2,1-3H3,(H,21,22). The molecule has 0 heterocycles. The van der Waals surface area contributed by atoms with E-state index in [-0.39, 0.29) is 16.5 Å². The van der Waals surface area contributed by atoms with Crippen LogP contribution in [0, 0.1) is 6.92 Å². The minimum Gasteiger partial charge on any atom is -0.481 e. The first kappa shape index (κ1) is 18.8. The minimum atomic E-state index is -0.654. The molecular formula is C19H20ClNO4. The summed E-state index contributed by atoms with van der Waals surface area (Å²) >= 11 is 5.98. The van der Waals surface area contributed by atoms with Gasteiger partial charge in [0.15, 0.2) is 6.10 Å². The van der Waals surface area contributed by atoms with E-state index in [9.17, 15) is 9.59 Å². The van der Waals surface area contributed by atoms with Gasteiger partial charge in [-0.05, 0) is 49.2 Å². The van der Waals surface area contributed by atoms with Crippen molar-refractivity contribution in [3.8, 4) is 5.75 Å². The van der Waals surface area contributed by atoms with Crippen molar-refractivity contribution in [1.82, 2.24) is 0 Å². The van der Waals surface area contributed by atoms with Crippen LogP contribution >= 0.6 is 11.6 Å². The van der Waals surface area contributed by atoms with E-state index in [1.54, 1.807) is 12.1 Å². The number of halogens is 1. The molecule has 0 radical (unpaired) electrons. The van der Waals surface area contributed by atoms with Crippen LogP contribution in [0.3, 0.4) is 0 Å². The van der Waals surface area contributed by atoms with Crippen LogP contribution in [-0.4, -0.2) is 25.1 Å². The summed E-state index contributed by atoms with van der Waals surface area (Å²) in [4.78, 5) is 24.2.